The Morgan fingerprint density at radius 3 is 2.79 bits per heavy atom. The number of benzene rings is 1. The Kier molecular flexibility index (Phi) is 4.12. The number of Topliss-reactive ketones (excluding diaryl/α,β-unsaturated/α-hetero) is 1. The number of rotatable bonds is 3. The molecule has 0 radical (unpaired) electrons. The smallest absolute Gasteiger partial charge is 0.181 e. The van der Waals surface area contributed by atoms with Gasteiger partial charge in [0.05, 0.1) is 22.1 Å². The summed E-state index contributed by atoms with van der Waals surface area (Å²) < 4.78 is 18.7. The lowest BCUT2D eigenvalue weighted by atomic mass is 10.1. The maximum atomic E-state index is 13.3. The number of hydrogen-bond donors (Lipinski definition) is 0. The second-order valence-corrected chi connectivity index (χ2v) is 3.84. The third-order valence-corrected chi connectivity index (χ3v) is 2.99. The number of ketones is 1. The van der Waals surface area contributed by atoms with Gasteiger partial charge in [0.25, 0.3) is 0 Å². The quantitative estimate of drug-likeness (QED) is 0.484. The molecule has 1 aromatic carbocycles. The summed E-state index contributed by atoms with van der Waals surface area (Å²) in [7, 11) is 1.46. The number of carbonyl (C=O) groups excluding carboxylic acids is 1. The molecule has 0 spiro atoms. The molecule has 0 aliphatic carbocycles. The fourth-order valence-electron chi connectivity index (χ4n) is 1.01. The molecule has 76 valence electrons. The van der Waals surface area contributed by atoms with Crippen molar-refractivity contribution < 1.29 is 13.9 Å². The fraction of sp³-hybridized carbons (Fsp3) is 0.222. The van der Waals surface area contributed by atoms with E-state index in [4.69, 9.17) is 16.3 Å². The molecule has 0 bridgehead atoms. The van der Waals surface area contributed by atoms with Crippen LogP contribution < -0.4 is 4.74 Å². The van der Waals surface area contributed by atoms with Gasteiger partial charge in [-0.05, 0) is 34.7 Å². The molecule has 0 unspecified atom stereocenters. The van der Waals surface area contributed by atoms with Gasteiger partial charge in [0, 0.05) is 0 Å². The first-order valence-corrected chi connectivity index (χ1v) is 5.34. The highest BCUT2D eigenvalue weighted by molar-refractivity contribution is 14.1. The van der Waals surface area contributed by atoms with Crippen LogP contribution in [0.2, 0.25) is 0 Å². The summed E-state index contributed by atoms with van der Waals surface area (Å²) in [4.78, 5) is 11.3. The van der Waals surface area contributed by atoms with E-state index in [0.717, 1.165) is 0 Å². The lowest BCUT2D eigenvalue weighted by Gasteiger charge is -2.07. The molecule has 0 N–H and O–H groups in total. The van der Waals surface area contributed by atoms with Crippen LogP contribution in [0.25, 0.3) is 0 Å². The second kappa shape index (κ2) is 4.93. The Bertz CT molecular complexity index is 368. The number of methoxy groups -OCH3 is 1. The standard InChI is InChI=1S/C9H7ClFIO2/c1-14-7-3-2-5(11)8(9(7)12)6(13)4-10/h2-3H,4H2,1H3. The number of ether oxygens (including phenoxy) is 1. The van der Waals surface area contributed by atoms with Crippen molar-refractivity contribution in [1.82, 2.24) is 0 Å². The third-order valence-electron chi connectivity index (χ3n) is 1.68. The van der Waals surface area contributed by atoms with Gasteiger partial charge in [-0.3, -0.25) is 4.79 Å². The minimum Gasteiger partial charge on any atom is -0.496 e. The predicted molar refractivity (Wildman–Crippen MR) is 60.7 cm³/mol. The van der Waals surface area contributed by atoms with Crippen LogP contribution >= 0.6 is 34.2 Å². The van der Waals surface area contributed by atoms with Crippen molar-refractivity contribution in [3.05, 3.63) is 27.1 Å². The van der Waals surface area contributed by atoms with Crippen LogP contribution in [0.3, 0.4) is 0 Å². The molecule has 0 saturated carbocycles. The molecule has 0 amide bonds. The van der Waals surface area contributed by atoms with Crippen molar-refractivity contribution in [1.29, 1.82) is 0 Å². The van der Waals surface area contributed by atoms with Gasteiger partial charge in [-0.25, -0.2) is 4.39 Å². The van der Waals surface area contributed by atoms with Crippen molar-refractivity contribution in [2.75, 3.05) is 13.0 Å². The molecule has 0 heterocycles. The summed E-state index contributed by atoms with van der Waals surface area (Å²) in [6, 6.07) is 2.67. The van der Waals surface area contributed by atoms with E-state index in [-0.39, 0.29) is 11.4 Å². The molecule has 5 heteroatoms. The minimum atomic E-state index is -0.569. The molecular formula is C9H7ClFIO2. The van der Waals surface area contributed by atoms with Crippen LogP contribution in [-0.4, -0.2) is 18.8 Å². The molecule has 0 aliphatic heterocycles. The van der Waals surface area contributed by atoms with Crippen molar-refractivity contribution in [3.8, 4) is 5.75 Å². The Morgan fingerprint density at radius 2 is 2.29 bits per heavy atom. The van der Waals surface area contributed by atoms with Gasteiger partial charge in [0.15, 0.2) is 5.78 Å². The van der Waals surface area contributed by atoms with Crippen molar-refractivity contribution in [2.45, 2.75) is 0 Å². The molecule has 14 heavy (non-hydrogen) atoms. The summed E-state index contributed by atoms with van der Waals surface area (Å²) in [5.41, 5.74) is -0.0000463. The average Bonchev–Trinajstić information content (AvgIpc) is 2.18. The van der Waals surface area contributed by atoms with Gasteiger partial charge in [0.2, 0.25) is 0 Å². The number of hydrogen-bond acceptors (Lipinski definition) is 2. The van der Waals surface area contributed by atoms with Crippen LogP contribution in [0.4, 0.5) is 4.39 Å². The van der Waals surface area contributed by atoms with Gasteiger partial charge in [-0.1, -0.05) is 0 Å². The maximum absolute atomic E-state index is 13.3. The molecule has 0 aliphatic rings. The Labute approximate surface area is 99.5 Å². The predicted octanol–water partition coefficient (Wildman–Crippen LogP) is 2.86. The van der Waals surface area contributed by atoms with Gasteiger partial charge in [-0.15, -0.1) is 11.6 Å². The maximum Gasteiger partial charge on any atom is 0.181 e. The summed E-state index contributed by atoms with van der Waals surface area (Å²) in [6.07, 6.45) is 0. The molecular weight excluding hydrogens is 321 g/mol. The molecule has 0 saturated heterocycles. The van der Waals surface area contributed by atoms with Crippen molar-refractivity contribution in [2.24, 2.45) is 0 Å². The molecule has 0 aromatic heterocycles. The van der Waals surface area contributed by atoms with Gasteiger partial charge >= 0.3 is 0 Å². The van der Waals surface area contributed by atoms with Gasteiger partial charge < -0.3 is 4.74 Å². The zero-order valence-corrected chi connectivity index (χ0v) is 10.2. The van der Waals surface area contributed by atoms with Crippen LogP contribution in [0, 0.1) is 9.39 Å². The lowest BCUT2D eigenvalue weighted by Crippen LogP contribution is -2.07. The van der Waals surface area contributed by atoms with E-state index >= 15 is 0 Å². The highest BCUT2D eigenvalue weighted by atomic mass is 127. The zero-order valence-electron chi connectivity index (χ0n) is 7.31. The molecule has 2 nitrogen and oxygen atoms in total. The normalized spacial score (nSPS) is 10.0. The average molecular weight is 329 g/mol. The minimum absolute atomic E-state index is 0.0000463. The van der Waals surface area contributed by atoms with E-state index in [1.807, 2.05) is 22.6 Å². The van der Waals surface area contributed by atoms with E-state index in [2.05, 4.69) is 0 Å². The highest BCUT2D eigenvalue weighted by Gasteiger charge is 2.17. The van der Waals surface area contributed by atoms with Crippen molar-refractivity contribution in [3.63, 3.8) is 0 Å². The third kappa shape index (κ3) is 2.17. The molecule has 0 fully saturated rings. The first-order valence-electron chi connectivity index (χ1n) is 3.73. The van der Waals surface area contributed by atoms with Crippen LogP contribution in [0.15, 0.2) is 12.1 Å². The number of carbonyl (C=O) groups is 1. The van der Waals surface area contributed by atoms with E-state index in [9.17, 15) is 9.18 Å². The summed E-state index contributed by atoms with van der Waals surface area (Å²) in [5.74, 6) is -0.770. The van der Waals surface area contributed by atoms with Gasteiger partial charge in [0.1, 0.15) is 11.6 Å². The Hall–Kier alpha value is -0.360. The first kappa shape index (κ1) is 11.7. The Balaban J connectivity index is 3.32. The summed E-state index contributed by atoms with van der Waals surface area (Å²) in [5, 5.41) is 0. The molecule has 1 rings (SSSR count). The fourth-order valence-corrected chi connectivity index (χ4v) is 2.11. The van der Waals surface area contributed by atoms with E-state index < -0.39 is 11.6 Å². The largest absolute Gasteiger partial charge is 0.496 e. The summed E-state index contributed by atoms with van der Waals surface area (Å²) in [6.45, 7) is 0. The molecule has 0 atom stereocenters. The van der Waals surface area contributed by atoms with Crippen LogP contribution in [0.1, 0.15) is 10.4 Å². The zero-order chi connectivity index (χ0) is 10.7. The van der Waals surface area contributed by atoms with Crippen LogP contribution in [-0.2, 0) is 0 Å². The van der Waals surface area contributed by atoms with E-state index in [0.29, 0.717) is 9.32 Å². The molecule has 1 aromatic rings. The van der Waals surface area contributed by atoms with Gasteiger partial charge in [-0.2, -0.15) is 0 Å². The van der Waals surface area contributed by atoms with E-state index in [1.54, 1.807) is 0 Å². The number of halogens is 3. The topological polar surface area (TPSA) is 26.3 Å². The van der Waals surface area contributed by atoms with Crippen molar-refractivity contribution >= 4 is 40.0 Å². The highest BCUT2D eigenvalue weighted by Crippen LogP contribution is 2.26. The van der Waals surface area contributed by atoms with Crippen LogP contribution in [0.5, 0.6) is 5.75 Å². The second-order valence-electron chi connectivity index (χ2n) is 2.50. The number of alkyl halides is 1. The SMILES string of the molecule is COc1ccc(F)c(C(=O)CCl)c1I. The Morgan fingerprint density at radius 1 is 1.64 bits per heavy atom. The first-order chi connectivity index (χ1) is 6.61. The van der Waals surface area contributed by atoms with E-state index in [1.165, 1.54) is 19.2 Å². The summed E-state index contributed by atoms with van der Waals surface area (Å²) >= 11 is 7.23. The monoisotopic (exact) mass is 328 g/mol. The lowest BCUT2D eigenvalue weighted by molar-refractivity contribution is 0.101.